The van der Waals surface area contributed by atoms with E-state index in [1.807, 2.05) is 20.8 Å². The van der Waals surface area contributed by atoms with Crippen molar-refractivity contribution in [2.45, 2.75) is 20.8 Å². The van der Waals surface area contributed by atoms with Crippen LogP contribution in [0.25, 0.3) is 43.1 Å². The van der Waals surface area contributed by atoms with Crippen molar-refractivity contribution < 1.29 is 13.3 Å². The van der Waals surface area contributed by atoms with Crippen LogP contribution < -0.4 is 0 Å². The molecule has 5 aromatic rings. The summed E-state index contributed by atoms with van der Waals surface area (Å²) in [5.41, 5.74) is 0. The summed E-state index contributed by atoms with van der Waals surface area (Å²) < 4.78 is 15.7. The largest absolute Gasteiger partial charge is 0.484 e. The van der Waals surface area contributed by atoms with E-state index < -0.39 is 9.53 Å². The van der Waals surface area contributed by atoms with Crippen molar-refractivity contribution >= 4 is 52.6 Å². The molecule has 0 spiro atoms. The lowest BCUT2D eigenvalue weighted by molar-refractivity contribution is 0.107. The highest BCUT2D eigenvalue weighted by molar-refractivity contribution is 6.36. The van der Waals surface area contributed by atoms with Crippen LogP contribution in [0.3, 0.4) is 0 Å². The van der Waals surface area contributed by atoms with Crippen LogP contribution in [-0.2, 0) is 13.3 Å². The number of hydrogen-bond donors (Lipinski definition) is 0. The van der Waals surface area contributed by atoms with Gasteiger partial charge in [0.1, 0.15) is 0 Å². The molecule has 164 valence electrons. The van der Waals surface area contributed by atoms with Gasteiger partial charge in [0.15, 0.2) is 0 Å². The molecule has 5 aromatic carbocycles. The molecule has 0 aromatic heterocycles. The Balaban J connectivity index is 0.000000211. The average Bonchev–Trinajstić information content (AvgIpc) is 2.81. The zero-order valence-electron chi connectivity index (χ0n) is 19.0. The van der Waals surface area contributed by atoms with Gasteiger partial charge in [0.05, 0.1) is 0 Å². The third-order valence-electron chi connectivity index (χ3n) is 5.43. The zero-order chi connectivity index (χ0) is 22.3. The molecular formula is C28H30O3Si. The highest BCUT2D eigenvalue weighted by Crippen LogP contribution is 2.30. The van der Waals surface area contributed by atoms with Crippen molar-refractivity contribution in [2.24, 2.45) is 0 Å². The van der Waals surface area contributed by atoms with E-state index in [0.29, 0.717) is 19.8 Å². The molecule has 0 fully saturated rings. The topological polar surface area (TPSA) is 27.7 Å². The summed E-state index contributed by atoms with van der Waals surface area (Å²) in [7, 11) is -1.73. The van der Waals surface area contributed by atoms with Crippen LogP contribution in [0.2, 0.25) is 0 Å². The normalized spacial score (nSPS) is 11.4. The predicted molar refractivity (Wildman–Crippen MR) is 138 cm³/mol. The first-order valence-corrected chi connectivity index (χ1v) is 12.7. The molecule has 0 bridgehead atoms. The summed E-state index contributed by atoms with van der Waals surface area (Å²) in [5.74, 6) is 0. The first-order valence-electron chi connectivity index (χ1n) is 11.3. The second-order valence-electron chi connectivity index (χ2n) is 7.60. The van der Waals surface area contributed by atoms with Gasteiger partial charge in [-0.05, 0) is 100 Å². The maximum absolute atomic E-state index is 5.22. The van der Waals surface area contributed by atoms with E-state index in [2.05, 4.69) is 84.9 Å². The van der Waals surface area contributed by atoms with Crippen molar-refractivity contribution in [3.05, 3.63) is 84.9 Å². The summed E-state index contributed by atoms with van der Waals surface area (Å²) >= 11 is 0. The van der Waals surface area contributed by atoms with Crippen LogP contribution in [-0.4, -0.2) is 29.3 Å². The van der Waals surface area contributed by atoms with Crippen LogP contribution in [0.1, 0.15) is 20.8 Å². The fourth-order valence-electron chi connectivity index (χ4n) is 3.94. The first kappa shape index (κ1) is 22.4. The molecule has 0 aliphatic heterocycles. The molecule has 0 amide bonds. The molecule has 0 unspecified atom stereocenters. The third-order valence-corrected chi connectivity index (χ3v) is 7.25. The van der Waals surface area contributed by atoms with Gasteiger partial charge in [-0.25, -0.2) is 0 Å². The van der Waals surface area contributed by atoms with E-state index in [1.54, 1.807) is 0 Å². The molecular weight excluding hydrogens is 412 g/mol. The Morgan fingerprint density at radius 3 is 0.938 bits per heavy atom. The minimum absolute atomic E-state index is 0.677. The van der Waals surface area contributed by atoms with Crippen molar-refractivity contribution in [3.8, 4) is 0 Å². The Labute approximate surface area is 191 Å². The van der Waals surface area contributed by atoms with Gasteiger partial charge in [-0.1, -0.05) is 48.5 Å². The third kappa shape index (κ3) is 5.17. The molecule has 0 heterocycles. The fourth-order valence-corrected chi connectivity index (χ4v) is 5.04. The fraction of sp³-hybridized carbons (Fsp3) is 0.214. The second kappa shape index (κ2) is 10.7. The van der Waals surface area contributed by atoms with Gasteiger partial charge in [0, 0.05) is 19.8 Å². The maximum Gasteiger partial charge on any atom is 0.484 e. The standard InChI is InChI=1S/C22H14.C6H16O3Si/c1-2-6-16-10-20-14-22-12-18-8-4-3-7-17(18)11-21(22)13-19(20)9-15(16)5-1;1-4-7-10(8-5-2)9-6-3/h1-14H;10H,4-6H2,1-3H3. The highest BCUT2D eigenvalue weighted by Gasteiger charge is 2.11. The summed E-state index contributed by atoms with van der Waals surface area (Å²) in [5, 5.41) is 10.4. The highest BCUT2D eigenvalue weighted by atomic mass is 28.3. The maximum atomic E-state index is 5.22. The number of fused-ring (bicyclic) bond motifs is 4. The minimum atomic E-state index is -1.73. The summed E-state index contributed by atoms with van der Waals surface area (Å²) in [4.78, 5) is 0. The quantitative estimate of drug-likeness (QED) is 0.207. The summed E-state index contributed by atoms with van der Waals surface area (Å²) in [6.07, 6.45) is 0. The van der Waals surface area contributed by atoms with E-state index in [0.717, 1.165) is 0 Å². The molecule has 0 aliphatic rings. The molecule has 0 N–H and O–H groups in total. The Hall–Kier alpha value is -2.76. The smallest absolute Gasteiger partial charge is 0.376 e. The van der Waals surface area contributed by atoms with Gasteiger partial charge in [0.25, 0.3) is 0 Å². The number of rotatable bonds is 6. The van der Waals surface area contributed by atoms with Gasteiger partial charge in [-0.2, -0.15) is 0 Å². The first-order chi connectivity index (χ1) is 15.7. The van der Waals surface area contributed by atoms with Gasteiger partial charge in [-0.3, -0.25) is 0 Å². The Kier molecular flexibility index (Phi) is 7.50. The van der Waals surface area contributed by atoms with Crippen LogP contribution in [0, 0.1) is 0 Å². The Morgan fingerprint density at radius 2 is 0.688 bits per heavy atom. The van der Waals surface area contributed by atoms with E-state index in [-0.39, 0.29) is 0 Å². The zero-order valence-corrected chi connectivity index (χ0v) is 20.2. The molecule has 0 atom stereocenters. The van der Waals surface area contributed by atoms with Gasteiger partial charge in [-0.15, -0.1) is 0 Å². The molecule has 0 saturated heterocycles. The van der Waals surface area contributed by atoms with Crippen molar-refractivity contribution in [2.75, 3.05) is 19.8 Å². The Morgan fingerprint density at radius 1 is 0.438 bits per heavy atom. The van der Waals surface area contributed by atoms with Crippen molar-refractivity contribution in [1.29, 1.82) is 0 Å². The van der Waals surface area contributed by atoms with E-state index >= 15 is 0 Å². The van der Waals surface area contributed by atoms with Crippen molar-refractivity contribution in [3.63, 3.8) is 0 Å². The molecule has 3 nitrogen and oxygen atoms in total. The average molecular weight is 443 g/mol. The van der Waals surface area contributed by atoms with Crippen LogP contribution >= 0.6 is 0 Å². The molecule has 0 saturated carbocycles. The second-order valence-corrected chi connectivity index (χ2v) is 9.18. The lowest BCUT2D eigenvalue weighted by Gasteiger charge is -2.12. The lowest BCUT2D eigenvalue weighted by atomic mass is 9.97. The molecule has 32 heavy (non-hydrogen) atoms. The Bertz CT molecular complexity index is 1130. The number of hydrogen-bond acceptors (Lipinski definition) is 3. The SMILES string of the molecule is CCO[SiH](OCC)OCC.c1ccc2cc3cc4cc5ccccc5cc4cc3cc2c1. The monoisotopic (exact) mass is 442 g/mol. The number of benzene rings is 5. The van der Waals surface area contributed by atoms with Gasteiger partial charge < -0.3 is 13.3 Å². The van der Waals surface area contributed by atoms with Crippen LogP contribution in [0.15, 0.2) is 84.9 Å². The minimum Gasteiger partial charge on any atom is -0.376 e. The van der Waals surface area contributed by atoms with Crippen LogP contribution in [0.5, 0.6) is 0 Å². The molecule has 5 rings (SSSR count). The molecule has 0 radical (unpaired) electrons. The van der Waals surface area contributed by atoms with Crippen molar-refractivity contribution in [1.82, 2.24) is 0 Å². The van der Waals surface area contributed by atoms with Gasteiger partial charge >= 0.3 is 9.53 Å². The molecule has 0 aliphatic carbocycles. The summed E-state index contributed by atoms with van der Waals surface area (Å²) in [6.45, 7) is 7.86. The van der Waals surface area contributed by atoms with E-state index in [4.69, 9.17) is 13.3 Å². The van der Waals surface area contributed by atoms with E-state index in [1.165, 1.54) is 43.1 Å². The van der Waals surface area contributed by atoms with E-state index in [9.17, 15) is 0 Å². The lowest BCUT2D eigenvalue weighted by Crippen LogP contribution is -2.27. The summed E-state index contributed by atoms with van der Waals surface area (Å²) in [6, 6.07) is 30.9. The molecule has 4 heteroatoms. The van der Waals surface area contributed by atoms with Gasteiger partial charge in [0.2, 0.25) is 0 Å². The predicted octanol–water partition coefficient (Wildman–Crippen LogP) is 7.11. The van der Waals surface area contributed by atoms with Crippen LogP contribution in [0.4, 0.5) is 0 Å².